The molecule has 5 heteroatoms. The smallest absolute Gasteiger partial charge is 0.232 e. The molecule has 0 amide bonds. The van der Waals surface area contributed by atoms with E-state index in [2.05, 4.69) is 5.32 Å². The van der Waals surface area contributed by atoms with Crippen molar-refractivity contribution in [2.75, 3.05) is 11.9 Å². The Kier molecular flexibility index (Phi) is 4.53. The molecule has 2 aromatic carbocycles. The maximum Gasteiger partial charge on any atom is 0.232 e. The summed E-state index contributed by atoms with van der Waals surface area (Å²) in [5, 5.41) is 12.8. The molecule has 2 N–H and O–H groups in total. The second kappa shape index (κ2) is 6.76. The highest BCUT2D eigenvalue weighted by molar-refractivity contribution is 6.12. The number of para-hydroxylation sites is 2. The predicted octanol–water partition coefficient (Wildman–Crippen LogP) is 3.63. The number of Topliss-reactive ketones (excluding diaryl/α,β-unsaturated/α-hetero) is 1. The first-order valence-corrected chi connectivity index (χ1v) is 7.78. The quantitative estimate of drug-likeness (QED) is 0.663. The van der Waals surface area contributed by atoms with Gasteiger partial charge in [0.05, 0.1) is 16.8 Å². The monoisotopic (exact) mass is 325 g/mol. The van der Waals surface area contributed by atoms with Gasteiger partial charge in [-0.2, -0.15) is 0 Å². The first-order valence-electron chi connectivity index (χ1n) is 7.78. The molecule has 0 bridgehead atoms. The summed E-state index contributed by atoms with van der Waals surface area (Å²) in [4.78, 5) is 12.8. The van der Waals surface area contributed by atoms with Crippen molar-refractivity contribution in [2.45, 2.75) is 20.1 Å². The summed E-state index contributed by atoms with van der Waals surface area (Å²) in [6.07, 6.45) is 0.749. The lowest BCUT2D eigenvalue weighted by molar-refractivity contribution is -0.0509. The number of benzene rings is 2. The first kappa shape index (κ1) is 16.1. The lowest BCUT2D eigenvalue weighted by atomic mass is 9.98. The van der Waals surface area contributed by atoms with E-state index >= 15 is 0 Å². The number of ketones is 1. The average Bonchev–Trinajstić information content (AvgIpc) is 2.57. The fourth-order valence-corrected chi connectivity index (χ4v) is 2.53. The summed E-state index contributed by atoms with van der Waals surface area (Å²) < 4.78 is 11.4. The number of aryl methyl sites for hydroxylation is 1. The zero-order valence-electron chi connectivity index (χ0n) is 13.6. The Balaban J connectivity index is 1.95. The van der Waals surface area contributed by atoms with Crippen LogP contribution < -0.4 is 10.1 Å². The van der Waals surface area contributed by atoms with Gasteiger partial charge in [-0.05, 0) is 38.1 Å². The molecule has 1 atom stereocenters. The Bertz CT molecular complexity index is 798. The second-order valence-electron chi connectivity index (χ2n) is 5.50. The average molecular weight is 325 g/mol. The van der Waals surface area contributed by atoms with E-state index in [4.69, 9.17) is 9.47 Å². The molecule has 124 valence electrons. The highest BCUT2D eigenvalue weighted by Gasteiger charge is 2.32. The zero-order valence-corrected chi connectivity index (χ0v) is 13.6. The number of fused-ring (bicyclic) bond motifs is 1. The molecule has 1 heterocycles. The van der Waals surface area contributed by atoms with Crippen molar-refractivity contribution >= 4 is 11.5 Å². The van der Waals surface area contributed by atoms with Crippen molar-refractivity contribution in [1.29, 1.82) is 0 Å². The fourth-order valence-electron chi connectivity index (χ4n) is 2.53. The molecule has 0 aliphatic carbocycles. The number of phenols is 1. The second-order valence-corrected chi connectivity index (χ2v) is 5.50. The molecular formula is C19H19NO4. The molecule has 0 spiro atoms. The predicted molar refractivity (Wildman–Crippen MR) is 91.4 cm³/mol. The number of phenolic OH excluding ortho intramolecular Hbond substituents is 1. The van der Waals surface area contributed by atoms with Crippen LogP contribution >= 0.6 is 0 Å². The Morgan fingerprint density at radius 1 is 1.29 bits per heavy atom. The van der Waals surface area contributed by atoms with Crippen LogP contribution in [0, 0.1) is 6.92 Å². The maximum absolute atomic E-state index is 12.8. The van der Waals surface area contributed by atoms with Crippen molar-refractivity contribution in [3.8, 4) is 11.5 Å². The lowest BCUT2D eigenvalue weighted by Crippen LogP contribution is -2.33. The Hall–Kier alpha value is -2.79. The van der Waals surface area contributed by atoms with Gasteiger partial charge in [0, 0.05) is 12.8 Å². The minimum absolute atomic E-state index is 0.0998. The van der Waals surface area contributed by atoms with Crippen LogP contribution in [0.2, 0.25) is 0 Å². The molecule has 0 saturated heterocycles. The third kappa shape index (κ3) is 3.12. The number of carbonyl (C=O) groups is 1. The summed E-state index contributed by atoms with van der Waals surface area (Å²) >= 11 is 0. The molecule has 5 nitrogen and oxygen atoms in total. The minimum atomic E-state index is -0.781. The van der Waals surface area contributed by atoms with E-state index in [0.717, 1.165) is 5.56 Å². The van der Waals surface area contributed by atoms with Gasteiger partial charge in [0.25, 0.3) is 0 Å². The molecular weight excluding hydrogens is 306 g/mol. The van der Waals surface area contributed by atoms with Gasteiger partial charge in [0.2, 0.25) is 6.29 Å². The van der Waals surface area contributed by atoms with Crippen molar-refractivity contribution in [2.24, 2.45) is 0 Å². The molecule has 1 aliphatic rings. The van der Waals surface area contributed by atoms with Gasteiger partial charge in [-0.3, -0.25) is 4.79 Å². The normalized spacial score (nSPS) is 18.2. The summed E-state index contributed by atoms with van der Waals surface area (Å²) in [5.41, 5.74) is 2.35. The molecule has 0 radical (unpaired) electrons. The number of aromatic hydroxyl groups is 1. The highest BCUT2D eigenvalue weighted by atomic mass is 16.7. The third-order valence-corrected chi connectivity index (χ3v) is 3.74. The van der Waals surface area contributed by atoms with E-state index in [1.165, 1.54) is 6.20 Å². The summed E-state index contributed by atoms with van der Waals surface area (Å²) in [6.45, 7) is 4.17. The molecule has 3 rings (SSSR count). The van der Waals surface area contributed by atoms with Gasteiger partial charge >= 0.3 is 0 Å². The molecule has 24 heavy (non-hydrogen) atoms. The zero-order chi connectivity index (χ0) is 17.1. The number of ether oxygens (including phenoxy) is 2. The molecule has 0 fully saturated rings. The van der Waals surface area contributed by atoms with Crippen LogP contribution in [0.25, 0.3) is 0 Å². The number of hydrogen-bond donors (Lipinski definition) is 2. The number of rotatable bonds is 4. The number of nitrogens with one attached hydrogen (secondary N) is 1. The fraction of sp³-hybridized carbons (Fsp3) is 0.211. The molecule has 0 unspecified atom stereocenters. The van der Waals surface area contributed by atoms with Crippen LogP contribution in [0.4, 0.5) is 5.69 Å². The SMILES string of the molecule is CCO[C@H]1Oc2ccc(C)cc2C(=O)/C1=C/Nc1ccccc1O. The number of hydrogen-bond acceptors (Lipinski definition) is 5. The first-order chi connectivity index (χ1) is 11.6. The van der Waals surface area contributed by atoms with Crippen LogP contribution in [-0.2, 0) is 4.74 Å². The molecule has 2 aromatic rings. The van der Waals surface area contributed by atoms with Crippen LogP contribution in [0.15, 0.2) is 54.2 Å². The third-order valence-electron chi connectivity index (χ3n) is 3.74. The lowest BCUT2D eigenvalue weighted by Gasteiger charge is -2.27. The topological polar surface area (TPSA) is 67.8 Å². The molecule has 0 aromatic heterocycles. The van der Waals surface area contributed by atoms with Crippen molar-refractivity contribution < 1.29 is 19.4 Å². The van der Waals surface area contributed by atoms with E-state index in [1.807, 2.05) is 19.9 Å². The highest BCUT2D eigenvalue weighted by Crippen LogP contribution is 2.32. The summed E-state index contributed by atoms with van der Waals surface area (Å²) in [7, 11) is 0. The molecule has 1 aliphatic heterocycles. The van der Waals surface area contributed by atoms with Gasteiger partial charge in [-0.1, -0.05) is 23.8 Å². The maximum atomic E-state index is 12.8. The van der Waals surface area contributed by atoms with Gasteiger partial charge in [-0.25, -0.2) is 0 Å². The van der Waals surface area contributed by atoms with E-state index in [-0.39, 0.29) is 11.5 Å². The summed E-state index contributed by atoms with van der Waals surface area (Å²) in [6, 6.07) is 12.3. The van der Waals surface area contributed by atoms with Crippen LogP contribution in [0.1, 0.15) is 22.8 Å². The summed E-state index contributed by atoms with van der Waals surface area (Å²) in [5.74, 6) is 0.466. The van der Waals surface area contributed by atoms with Gasteiger partial charge in [0.1, 0.15) is 11.5 Å². The Morgan fingerprint density at radius 3 is 2.83 bits per heavy atom. The van der Waals surface area contributed by atoms with E-state index in [1.54, 1.807) is 36.4 Å². The van der Waals surface area contributed by atoms with Gasteiger partial charge < -0.3 is 19.9 Å². The van der Waals surface area contributed by atoms with E-state index < -0.39 is 6.29 Å². The van der Waals surface area contributed by atoms with Crippen molar-refractivity contribution in [1.82, 2.24) is 0 Å². The Morgan fingerprint density at radius 2 is 2.08 bits per heavy atom. The largest absolute Gasteiger partial charge is 0.506 e. The van der Waals surface area contributed by atoms with Gasteiger partial charge in [0.15, 0.2) is 5.78 Å². The molecule has 0 saturated carbocycles. The van der Waals surface area contributed by atoms with Gasteiger partial charge in [-0.15, -0.1) is 0 Å². The standard InChI is InChI=1S/C19H19NO4/c1-3-23-19-14(11-20-15-6-4-5-7-16(15)21)18(22)13-10-12(2)8-9-17(13)24-19/h4-11,19-21H,3H2,1-2H3/b14-11-/t19-/m0/s1. The van der Waals surface area contributed by atoms with Crippen molar-refractivity contribution in [3.05, 3.63) is 65.4 Å². The number of anilines is 1. The Labute approximate surface area is 140 Å². The number of carbonyl (C=O) groups excluding carboxylic acids is 1. The van der Waals surface area contributed by atoms with Crippen LogP contribution in [0.3, 0.4) is 0 Å². The van der Waals surface area contributed by atoms with Crippen LogP contribution in [0.5, 0.6) is 11.5 Å². The van der Waals surface area contributed by atoms with E-state index in [0.29, 0.717) is 29.2 Å². The van der Waals surface area contributed by atoms with E-state index in [9.17, 15) is 9.90 Å². The van der Waals surface area contributed by atoms with Crippen molar-refractivity contribution in [3.63, 3.8) is 0 Å². The van der Waals surface area contributed by atoms with Crippen LogP contribution in [-0.4, -0.2) is 23.8 Å². The minimum Gasteiger partial charge on any atom is -0.506 e.